The molecule has 178 valence electrons. The number of rotatable bonds is 5. The van der Waals surface area contributed by atoms with Gasteiger partial charge in [0.1, 0.15) is 5.82 Å². The number of aromatic nitrogens is 1. The van der Waals surface area contributed by atoms with E-state index in [1.54, 1.807) is 30.3 Å². The standard InChI is InChI=1S/C23H26Cl2N4O2S.ClH/c24-16-1-3-19(18(12-16)23(31)29-21-4-2-17(25)13-27-21)28-22(30)15-5-8-26-20(11-15)14-6-9-32-10-7-14;/h1-4,12-15,20,26H,5-11H2,(H,28,30)(H,27,29,31);1H. The second kappa shape index (κ2) is 12.3. The van der Waals surface area contributed by atoms with Crippen molar-refractivity contribution in [2.75, 3.05) is 28.7 Å². The highest BCUT2D eigenvalue weighted by Crippen LogP contribution is 2.31. The Morgan fingerprint density at radius 2 is 1.79 bits per heavy atom. The van der Waals surface area contributed by atoms with Gasteiger partial charge in [0.25, 0.3) is 5.91 Å². The highest BCUT2D eigenvalue weighted by molar-refractivity contribution is 7.99. The summed E-state index contributed by atoms with van der Waals surface area (Å²) in [6, 6.07) is 8.52. The minimum Gasteiger partial charge on any atom is -0.325 e. The van der Waals surface area contributed by atoms with Crippen molar-refractivity contribution in [2.45, 2.75) is 31.7 Å². The van der Waals surface area contributed by atoms with Gasteiger partial charge in [0.05, 0.1) is 16.3 Å². The fraction of sp³-hybridized carbons (Fsp3) is 0.435. The van der Waals surface area contributed by atoms with Crippen LogP contribution in [0.4, 0.5) is 11.5 Å². The van der Waals surface area contributed by atoms with Crippen LogP contribution in [-0.2, 0) is 4.79 Å². The molecule has 3 heterocycles. The molecule has 1 aromatic heterocycles. The molecule has 2 aliphatic rings. The van der Waals surface area contributed by atoms with Gasteiger partial charge in [0.15, 0.2) is 0 Å². The number of pyridine rings is 1. The third kappa shape index (κ3) is 6.99. The molecule has 4 rings (SSSR count). The van der Waals surface area contributed by atoms with Gasteiger partial charge in [-0.05, 0) is 80.0 Å². The molecule has 0 spiro atoms. The number of piperidine rings is 1. The number of nitrogens with one attached hydrogen (secondary N) is 3. The summed E-state index contributed by atoms with van der Waals surface area (Å²) < 4.78 is 0. The lowest BCUT2D eigenvalue weighted by Gasteiger charge is -2.36. The maximum absolute atomic E-state index is 13.1. The van der Waals surface area contributed by atoms with Crippen molar-refractivity contribution in [2.24, 2.45) is 11.8 Å². The first-order valence-corrected chi connectivity index (χ1v) is 12.7. The summed E-state index contributed by atoms with van der Waals surface area (Å²) >= 11 is 14.0. The highest BCUT2D eigenvalue weighted by Gasteiger charge is 2.32. The number of anilines is 2. The Morgan fingerprint density at radius 1 is 1.03 bits per heavy atom. The lowest BCUT2D eigenvalue weighted by atomic mass is 9.82. The quantitative estimate of drug-likeness (QED) is 0.475. The van der Waals surface area contributed by atoms with Crippen molar-refractivity contribution >= 4 is 70.7 Å². The molecule has 0 radical (unpaired) electrons. The lowest BCUT2D eigenvalue weighted by Crippen LogP contribution is -2.46. The first-order chi connectivity index (χ1) is 15.5. The van der Waals surface area contributed by atoms with Crippen LogP contribution >= 0.6 is 47.4 Å². The van der Waals surface area contributed by atoms with Crippen molar-refractivity contribution < 1.29 is 9.59 Å². The van der Waals surface area contributed by atoms with E-state index >= 15 is 0 Å². The van der Waals surface area contributed by atoms with Crippen molar-refractivity contribution in [3.05, 3.63) is 52.1 Å². The van der Waals surface area contributed by atoms with Gasteiger partial charge in [-0.15, -0.1) is 12.4 Å². The largest absolute Gasteiger partial charge is 0.325 e. The van der Waals surface area contributed by atoms with Gasteiger partial charge in [0.2, 0.25) is 5.91 Å². The molecular formula is C23H27Cl3N4O2S. The molecule has 2 aromatic rings. The number of halogens is 3. The molecular weight excluding hydrogens is 503 g/mol. The number of nitrogens with zero attached hydrogens (tertiary/aromatic N) is 1. The van der Waals surface area contributed by atoms with E-state index in [1.807, 2.05) is 11.8 Å². The summed E-state index contributed by atoms with van der Waals surface area (Å²) in [5.41, 5.74) is 0.729. The predicted octanol–water partition coefficient (Wildman–Crippen LogP) is 5.51. The molecule has 6 nitrogen and oxygen atoms in total. The average molecular weight is 530 g/mol. The Kier molecular flexibility index (Phi) is 9.70. The molecule has 2 saturated heterocycles. The molecule has 2 unspecified atom stereocenters. The first kappa shape index (κ1) is 26.1. The molecule has 3 N–H and O–H groups in total. The average Bonchev–Trinajstić information content (AvgIpc) is 2.82. The van der Waals surface area contributed by atoms with Gasteiger partial charge in [-0.1, -0.05) is 23.2 Å². The molecule has 0 aliphatic carbocycles. The molecule has 0 saturated carbocycles. The Labute approximate surface area is 214 Å². The van der Waals surface area contributed by atoms with E-state index in [-0.39, 0.29) is 29.8 Å². The topological polar surface area (TPSA) is 83.1 Å². The number of hydrogen-bond acceptors (Lipinski definition) is 5. The SMILES string of the molecule is Cl.O=C(Nc1ccc(Cl)cn1)c1cc(Cl)ccc1NC(=O)C1CCNC(C2CCSCC2)C1. The lowest BCUT2D eigenvalue weighted by molar-refractivity contribution is -0.121. The summed E-state index contributed by atoms with van der Waals surface area (Å²) in [6.45, 7) is 0.836. The zero-order valence-electron chi connectivity index (χ0n) is 18.0. The van der Waals surface area contributed by atoms with Crippen LogP contribution in [-0.4, -0.2) is 40.9 Å². The van der Waals surface area contributed by atoms with E-state index in [0.717, 1.165) is 19.4 Å². The number of benzene rings is 1. The van der Waals surface area contributed by atoms with E-state index in [9.17, 15) is 9.59 Å². The van der Waals surface area contributed by atoms with Crippen LogP contribution in [0.15, 0.2) is 36.5 Å². The fourth-order valence-electron chi connectivity index (χ4n) is 4.35. The van der Waals surface area contributed by atoms with E-state index < -0.39 is 5.91 Å². The number of amides is 2. The predicted molar refractivity (Wildman–Crippen MR) is 139 cm³/mol. The van der Waals surface area contributed by atoms with Gasteiger partial charge < -0.3 is 16.0 Å². The zero-order valence-corrected chi connectivity index (χ0v) is 21.1. The normalized spacial score (nSPS) is 21.0. The van der Waals surface area contributed by atoms with Crippen molar-refractivity contribution in [3.8, 4) is 0 Å². The second-order valence-electron chi connectivity index (χ2n) is 8.23. The number of carbonyl (C=O) groups is 2. The number of thioether (sulfide) groups is 1. The summed E-state index contributed by atoms with van der Waals surface area (Å²) in [5, 5.41) is 10.2. The molecule has 0 bridgehead atoms. The summed E-state index contributed by atoms with van der Waals surface area (Å²) in [4.78, 5) is 30.1. The van der Waals surface area contributed by atoms with Crippen LogP contribution in [0.3, 0.4) is 0 Å². The minimum absolute atomic E-state index is 0. The van der Waals surface area contributed by atoms with E-state index in [0.29, 0.717) is 33.5 Å². The van der Waals surface area contributed by atoms with Gasteiger partial charge in [-0.25, -0.2) is 4.98 Å². The highest BCUT2D eigenvalue weighted by atomic mass is 35.5. The number of hydrogen-bond donors (Lipinski definition) is 3. The third-order valence-corrected chi connectivity index (χ3v) is 7.60. The Hall–Kier alpha value is -1.51. The summed E-state index contributed by atoms with van der Waals surface area (Å²) in [5.74, 6) is 2.86. The molecule has 10 heteroatoms. The maximum atomic E-state index is 13.1. The van der Waals surface area contributed by atoms with Crippen molar-refractivity contribution in [3.63, 3.8) is 0 Å². The summed E-state index contributed by atoms with van der Waals surface area (Å²) in [7, 11) is 0. The molecule has 2 atom stereocenters. The van der Waals surface area contributed by atoms with Crippen LogP contribution in [0.2, 0.25) is 10.0 Å². The fourth-order valence-corrected chi connectivity index (χ4v) is 5.77. The molecule has 2 fully saturated rings. The van der Waals surface area contributed by atoms with Crippen LogP contribution < -0.4 is 16.0 Å². The van der Waals surface area contributed by atoms with E-state index in [4.69, 9.17) is 23.2 Å². The maximum Gasteiger partial charge on any atom is 0.258 e. The smallest absolute Gasteiger partial charge is 0.258 e. The third-order valence-electron chi connectivity index (χ3n) is 6.10. The van der Waals surface area contributed by atoms with Crippen LogP contribution in [0.5, 0.6) is 0 Å². The number of carbonyl (C=O) groups excluding carboxylic acids is 2. The monoisotopic (exact) mass is 528 g/mol. The summed E-state index contributed by atoms with van der Waals surface area (Å²) in [6.07, 6.45) is 5.47. The second-order valence-corrected chi connectivity index (χ2v) is 10.3. The molecule has 2 amide bonds. The van der Waals surface area contributed by atoms with Gasteiger partial charge in [-0.3, -0.25) is 9.59 Å². The molecule has 1 aromatic carbocycles. The van der Waals surface area contributed by atoms with Gasteiger partial charge >= 0.3 is 0 Å². The van der Waals surface area contributed by atoms with Crippen LogP contribution in [0.1, 0.15) is 36.0 Å². The van der Waals surface area contributed by atoms with Gasteiger partial charge in [0, 0.05) is 23.2 Å². The van der Waals surface area contributed by atoms with Crippen LogP contribution in [0.25, 0.3) is 0 Å². The molecule has 2 aliphatic heterocycles. The Balaban J connectivity index is 0.00000306. The zero-order chi connectivity index (χ0) is 22.5. The first-order valence-electron chi connectivity index (χ1n) is 10.8. The van der Waals surface area contributed by atoms with E-state index in [1.165, 1.54) is 30.5 Å². The Morgan fingerprint density at radius 3 is 2.52 bits per heavy atom. The minimum atomic E-state index is -0.402. The Bertz CT molecular complexity index is 971. The van der Waals surface area contributed by atoms with Crippen molar-refractivity contribution in [1.29, 1.82) is 0 Å². The molecule has 33 heavy (non-hydrogen) atoms. The van der Waals surface area contributed by atoms with Gasteiger partial charge in [-0.2, -0.15) is 11.8 Å². The van der Waals surface area contributed by atoms with Crippen LogP contribution in [0, 0.1) is 11.8 Å². The van der Waals surface area contributed by atoms with Crippen molar-refractivity contribution in [1.82, 2.24) is 10.3 Å². The van der Waals surface area contributed by atoms with E-state index in [2.05, 4.69) is 20.9 Å².